The summed E-state index contributed by atoms with van der Waals surface area (Å²) in [5.74, 6) is -0.704. The topological polar surface area (TPSA) is 83.5 Å². The van der Waals surface area contributed by atoms with E-state index in [1.54, 1.807) is 12.1 Å². The molecule has 0 aromatic heterocycles. The number of dihydropyridines is 1. The first-order valence-corrected chi connectivity index (χ1v) is 10.3. The van der Waals surface area contributed by atoms with Crippen molar-refractivity contribution >= 4 is 31.6 Å². The van der Waals surface area contributed by atoms with E-state index in [9.17, 15) is 18.3 Å². The summed E-state index contributed by atoms with van der Waals surface area (Å²) in [5.41, 5.74) is 2.45. The van der Waals surface area contributed by atoms with Gasteiger partial charge in [-0.3, -0.25) is 4.79 Å². The molecular weight excluding hydrogens is 394 g/mol. The number of carbonyl (C=O) groups excluding carboxylic acids is 1. The highest BCUT2D eigenvalue weighted by Crippen LogP contribution is 2.49. The molecule has 0 fully saturated rings. The Kier molecular flexibility index (Phi) is 3.61. The lowest BCUT2D eigenvalue weighted by Crippen LogP contribution is -2.32. The molecule has 0 radical (unpaired) electrons. The van der Waals surface area contributed by atoms with E-state index in [2.05, 4.69) is 21.2 Å². The number of nitrogens with one attached hydrogen (secondary N) is 1. The summed E-state index contributed by atoms with van der Waals surface area (Å²) in [6, 6.07) is 4.92. The molecule has 3 aliphatic rings. The van der Waals surface area contributed by atoms with Crippen molar-refractivity contribution in [3.05, 3.63) is 50.1 Å². The second kappa shape index (κ2) is 5.46. The van der Waals surface area contributed by atoms with Crippen LogP contribution in [0.3, 0.4) is 0 Å². The summed E-state index contributed by atoms with van der Waals surface area (Å²) in [6.45, 7) is 0. The Bertz CT molecular complexity index is 930. The highest BCUT2D eigenvalue weighted by Gasteiger charge is 2.45. The smallest absolute Gasteiger partial charge is 0.177 e. The fraction of sp³-hybridized carbons (Fsp3) is 0.353. The van der Waals surface area contributed by atoms with Crippen LogP contribution in [0.5, 0.6) is 5.75 Å². The van der Waals surface area contributed by atoms with Crippen LogP contribution in [0.1, 0.15) is 37.2 Å². The van der Waals surface area contributed by atoms with Crippen LogP contribution in [0.15, 0.2) is 44.5 Å². The summed E-state index contributed by atoms with van der Waals surface area (Å²) in [6.07, 6.45) is 2.32. The Labute approximate surface area is 148 Å². The van der Waals surface area contributed by atoms with E-state index in [1.165, 1.54) is 6.07 Å². The number of phenolic OH excluding ortho intramolecular Hbond substituents is 1. The largest absolute Gasteiger partial charge is 0.508 e. The molecule has 0 amide bonds. The second-order valence-electron chi connectivity index (χ2n) is 6.34. The van der Waals surface area contributed by atoms with E-state index in [0.29, 0.717) is 29.7 Å². The first-order valence-electron chi connectivity index (χ1n) is 7.86. The van der Waals surface area contributed by atoms with Gasteiger partial charge in [-0.1, -0.05) is 15.9 Å². The van der Waals surface area contributed by atoms with Crippen molar-refractivity contribution in [1.82, 2.24) is 5.32 Å². The molecule has 1 aromatic carbocycles. The van der Waals surface area contributed by atoms with E-state index in [4.69, 9.17) is 0 Å². The SMILES string of the molecule is O=C1CCCC2=C1[C@H](c1cc(Br)ccc1O)C1=C(CCS1(=O)=O)N2. The van der Waals surface area contributed by atoms with Gasteiger partial charge in [0.2, 0.25) is 0 Å². The van der Waals surface area contributed by atoms with Crippen molar-refractivity contribution in [2.75, 3.05) is 5.75 Å². The number of carbonyl (C=O) groups is 1. The van der Waals surface area contributed by atoms with Gasteiger partial charge in [-0.05, 0) is 31.0 Å². The number of ketones is 1. The minimum atomic E-state index is -3.44. The van der Waals surface area contributed by atoms with Crippen molar-refractivity contribution < 1.29 is 18.3 Å². The molecule has 4 rings (SSSR count). The zero-order valence-electron chi connectivity index (χ0n) is 12.8. The predicted octanol–water partition coefficient (Wildman–Crippen LogP) is 2.88. The third kappa shape index (κ3) is 2.33. The van der Waals surface area contributed by atoms with Crippen LogP contribution in [0.2, 0.25) is 0 Å². The lowest BCUT2D eigenvalue weighted by atomic mass is 9.79. The molecule has 0 saturated carbocycles. The number of phenols is 1. The number of halogens is 1. The van der Waals surface area contributed by atoms with E-state index in [-0.39, 0.29) is 22.2 Å². The van der Waals surface area contributed by atoms with Gasteiger partial charge in [-0.25, -0.2) is 8.42 Å². The number of Topliss-reactive ketones (excluding diaryl/α,β-unsaturated/α-hetero) is 1. The van der Waals surface area contributed by atoms with Crippen LogP contribution in [0.4, 0.5) is 0 Å². The van der Waals surface area contributed by atoms with Crippen molar-refractivity contribution in [3.8, 4) is 5.75 Å². The van der Waals surface area contributed by atoms with Gasteiger partial charge in [0, 0.05) is 39.8 Å². The normalized spacial score (nSPS) is 25.4. The van der Waals surface area contributed by atoms with Gasteiger partial charge >= 0.3 is 0 Å². The maximum absolute atomic E-state index is 12.6. The third-order valence-corrected chi connectivity index (χ3v) is 7.25. The molecule has 5 nitrogen and oxygen atoms in total. The quantitative estimate of drug-likeness (QED) is 0.744. The molecule has 0 unspecified atom stereocenters. The van der Waals surface area contributed by atoms with Crippen molar-refractivity contribution in [2.45, 2.75) is 31.6 Å². The predicted molar refractivity (Wildman–Crippen MR) is 93.0 cm³/mol. The number of hydrogen-bond donors (Lipinski definition) is 2. The van der Waals surface area contributed by atoms with Gasteiger partial charge in [-0.2, -0.15) is 0 Å². The fourth-order valence-electron chi connectivity index (χ4n) is 3.83. The van der Waals surface area contributed by atoms with E-state index >= 15 is 0 Å². The molecule has 0 spiro atoms. The van der Waals surface area contributed by atoms with Crippen LogP contribution in [0.25, 0.3) is 0 Å². The third-order valence-electron chi connectivity index (χ3n) is 4.86. The van der Waals surface area contributed by atoms with Crippen molar-refractivity contribution in [3.63, 3.8) is 0 Å². The molecule has 0 saturated heterocycles. The Morgan fingerprint density at radius 2 is 1.96 bits per heavy atom. The van der Waals surface area contributed by atoms with Crippen LogP contribution in [-0.2, 0) is 14.6 Å². The van der Waals surface area contributed by atoms with Gasteiger partial charge in [0.1, 0.15) is 5.75 Å². The van der Waals surface area contributed by atoms with Crippen LogP contribution in [-0.4, -0.2) is 25.1 Å². The molecule has 0 bridgehead atoms. The van der Waals surface area contributed by atoms with Crippen LogP contribution >= 0.6 is 15.9 Å². The molecule has 2 N–H and O–H groups in total. The Hall–Kier alpha value is -1.60. The summed E-state index contributed by atoms with van der Waals surface area (Å²) in [5, 5.41) is 13.6. The number of benzene rings is 1. The average molecular weight is 410 g/mol. The first-order chi connectivity index (χ1) is 11.4. The molecule has 2 aliphatic heterocycles. The highest BCUT2D eigenvalue weighted by molar-refractivity contribution is 9.10. The monoisotopic (exact) mass is 409 g/mol. The molecular formula is C17H16BrNO4S. The molecule has 1 aromatic rings. The zero-order chi connectivity index (χ0) is 17.1. The van der Waals surface area contributed by atoms with Crippen LogP contribution < -0.4 is 5.32 Å². The minimum Gasteiger partial charge on any atom is -0.508 e. The summed E-state index contributed by atoms with van der Waals surface area (Å²) < 4.78 is 26.0. The minimum absolute atomic E-state index is 0.00396. The summed E-state index contributed by atoms with van der Waals surface area (Å²) in [4.78, 5) is 12.9. The molecule has 7 heteroatoms. The number of rotatable bonds is 1. The molecule has 2 heterocycles. The molecule has 24 heavy (non-hydrogen) atoms. The van der Waals surface area contributed by atoms with Gasteiger partial charge in [0.25, 0.3) is 0 Å². The summed E-state index contributed by atoms with van der Waals surface area (Å²) in [7, 11) is -3.44. The van der Waals surface area contributed by atoms with Crippen LogP contribution in [0, 0.1) is 0 Å². The standard InChI is InChI=1S/C17H16BrNO4S/c18-9-4-5-13(20)10(8-9)15-16-11(2-1-3-14(16)21)19-12-6-7-24(22,23)17(12)15/h4-5,8,15,19-20H,1-3,6-7H2/t15-/m0/s1. The maximum Gasteiger partial charge on any atom is 0.177 e. The fourth-order valence-corrected chi connectivity index (χ4v) is 6.03. The van der Waals surface area contributed by atoms with E-state index < -0.39 is 15.8 Å². The number of aromatic hydroxyl groups is 1. The molecule has 126 valence electrons. The van der Waals surface area contributed by atoms with Gasteiger partial charge in [-0.15, -0.1) is 0 Å². The number of sulfone groups is 1. The Morgan fingerprint density at radius 1 is 1.17 bits per heavy atom. The molecule has 1 atom stereocenters. The van der Waals surface area contributed by atoms with E-state index in [0.717, 1.165) is 23.0 Å². The lowest BCUT2D eigenvalue weighted by Gasteiger charge is -2.33. The number of allylic oxidation sites excluding steroid dienone is 4. The lowest BCUT2D eigenvalue weighted by molar-refractivity contribution is -0.116. The maximum atomic E-state index is 12.6. The Balaban J connectivity index is 2.00. The molecule has 1 aliphatic carbocycles. The van der Waals surface area contributed by atoms with Crippen molar-refractivity contribution in [2.24, 2.45) is 0 Å². The first kappa shape index (κ1) is 15.9. The van der Waals surface area contributed by atoms with Crippen molar-refractivity contribution in [1.29, 1.82) is 0 Å². The van der Waals surface area contributed by atoms with Gasteiger partial charge in [0.15, 0.2) is 15.6 Å². The van der Waals surface area contributed by atoms with Gasteiger partial charge < -0.3 is 10.4 Å². The van der Waals surface area contributed by atoms with Gasteiger partial charge in [0.05, 0.1) is 16.6 Å². The summed E-state index contributed by atoms with van der Waals surface area (Å²) >= 11 is 3.37. The second-order valence-corrected chi connectivity index (χ2v) is 9.34. The van der Waals surface area contributed by atoms with E-state index in [1.807, 2.05) is 0 Å². The number of hydrogen-bond acceptors (Lipinski definition) is 5. The highest BCUT2D eigenvalue weighted by atomic mass is 79.9. The zero-order valence-corrected chi connectivity index (χ0v) is 15.2. The Morgan fingerprint density at radius 3 is 2.75 bits per heavy atom. The average Bonchev–Trinajstić information content (AvgIpc) is 2.83.